The standard InChI is InChI=1S/C12H10NS/c14-13(11-7-3-1-4-8-11)12-9-5-2-6-10-12/h1-10H. The lowest BCUT2D eigenvalue weighted by atomic mass is 10.3. The first-order valence-electron chi connectivity index (χ1n) is 4.45. The number of benzene rings is 2. The van der Waals surface area contributed by atoms with Crippen LogP contribution in [0.2, 0.25) is 0 Å². The average molecular weight is 200 g/mol. The van der Waals surface area contributed by atoms with Crippen molar-refractivity contribution in [2.45, 2.75) is 0 Å². The van der Waals surface area contributed by atoms with Crippen molar-refractivity contribution in [1.29, 1.82) is 0 Å². The summed E-state index contributed by atoms with van der Waals surface area (Å²) in [5.74, 6) is 0. The summed E-state index contributed by atoms with van der Waals surface area (Å²) >= 11 is 5.30. The zero-order chi connectivity index (χ0) is 9.80. The Kier molecular flexibility index (Phi) is 2.75. The van der Waals surface area contributed by atoms with Crippen molar-refractivity contribution in [3.8, 4) is 0 Å². The van der Waals surface area contributed by atoms with Gasteiger partial charge in [-0.15, -0.1) is 0 Å². The van der Waals surface area contributed by atoms with E-state index in [1.807, 2.05) is 60.7 Å². The van der Waals surface area contributed by atoms with Gasteiger partial charge in [-0.25, -0.2) is 0 Å². The van der Waals surface area contributed by atoms with Gasteiger partial charge in [0.1, 0.15) is 0 Å². The Hall–Kier alpha value is -1.41. The maximum atomic E-state index is 5.30. The van der Waals surface area contributed by atoms with Gasteiger partial charge in [-0.2, -0.15) is 0 Å². The summed E-state index contributed by atoms with van der Waals surface area (Å²) < 4.78 is 1.75. The van der Waals surface area contributed by atoms with Gasteiger partial charge in [-0.1, -0.05) is 36.4 Å². The Labute approximate surface area is 89.5 Å². The van der Waals surface area contributed by atoms with E-state index in [1.54, 1.807) is 4.31 Å². The lowest BCUT2D eigenvalue weighted by Gasteiger charge is -2.15. The third kappa shape index (κ3) is 1.91. The predicted octanol–water partition coefficient (Wildman–Crippen LogP) is 3.94. The fourth-order valence-electron chi connectivity index (χ4n) is 1.28. The topological polar surface area (TPSA) is 3.24 Å². The molecule has 0 N–H and O–H groups in total. The van der Waals surface area contributed by atoms with Gasteiger partial charge in [0.15, 0.2) is 0 Å². The molecule has 0 aliphatic carbocycles. The summed E-state index contributed by atoms with van der Waals surface area (Å²) in [5, 5.41) is 0. The van der Waals surface area contributed by atoms with Gasteiger partial charge in [0.25, 0.3) is 0 Å². The van der Waals surface area contributed by atoms with E-state index < -0.39 is 0 Å². The minimum Gasteiger partial charge on any atom is -0.274 e. The van der Waals surface area contributed by atoms with E-state index in [2.05, 4.69) is 0 Å². The number of hydrogen-bond donors (Lipinski definition) is 0. The van der Waals surface area contributed by atoms with Crippen molar-refractivity contribution in [3.63, 3.8) is 0 Å². The summed E-state index contributed by atoms with van der Waals surface area (Å²) in [5.41, 5.74) is 2.04. The van der Waals surface area contributed by atoms with E-state index in [0.717, 1.165) is 11.4 Å². The maximum Gasteiger partial charge on any atom is 0.0533 e. The summed E-state index contributed by atoms with van der Waals surface area (Å²) in [6.45, 7) is 0. The number of para-hydroxylation sites is 2. The number of rotatable bonds is 2. The Morgan fingerprint density at radius 1 is 0.643 bits per heavy atom. The molecular weight excluding hydrogens is 190 g/mol. The van der Waals surface area contributed by atoms with E-state index in [1.165, 1.54) is 0 Å². The van der Waals surface area contributed by atoms with Gasteiger partial charge >= 0.3 is 0 Å². The van der Waals surface area contributed by atoms with Crippen LogP contribution in [0.4, 0.5) is 11.4 Å². The highest BCUT2D eigenvalue weighted by Gasteiger charge is 2.02. The maximum absolute atomic E-state index is 5.30. The molecule has 2 aromatic rings. The molecule has 2 heteroatoms. The van der Waals surface area contributed by atoms with Crippen molar-refractivity contribution in [2.75, 3.05) is 4.31 Å². The van der Waals surface area contributed by atoms with Crippen LogP contribution in [0.5, 0.6) is 0 Å². The first-order chi connectivity index (χ1) is 6.88. The molecule has 2 rings (SSSR count). The van der Waals surface area contributed by atoms with Gasteiger partial charge in [0, 0.05) is 0 Å². The van der Waals surface area contributed by atoms with E-state index in [4.69, 9.17) is 12.8 Å². The molecule has 69 valence electrons. The molecule has 2 aromatic carbocycles. The summed E-state index contributed by atoms with van der Waals surface area (Å²) in [6.07, 6.45) is 0. The van der Waals surface area contributed by atoms with E-state index in [0.29, 0.717) is 0 Å². The minimum atomic E-state index is 1.02. The Balaban J connectivity index is 2.30. The molecule has 1 radical (unpaired) electrons. The molecule has 14 heavy (non-hydrogen) atoms. The highest BCUT2D eigenvalue weighted by atomic mass is 32.1. The van der Waals surface area contributed by atoms with Crippen LogP contribution >= 0.6 is 12.8 Å². The minimum absolute atomic E-state index is 1.02. The van der Waals surface area contributed by atoms with E-state index in [9.17, 15) is 0 Å². The fraction of sp³-hybridized carbons (Fsp3) is 0. The Bertz CT molecular complexity index is 346. The molecule has 0 bridgehead atoms. The van der Waals surface area contributed by atoms with Crippen LogP contribution in [-0.2, 0) is 0 Å². The third-order valence-corrected chi connectivity index (χ3v) is 2.40. The van der Waals surface area contributed by atoms with Gasteiger partial charge in [-0.3, -0.25) is 4.31 Å². The van der Waals surface area contributed by atoms with Crippen LogP contribution in [0, 0.1) is 0 Å². The van der Waals surface area contributed by atoms with Crippen LogP contribution < -0.4 is 4.31 Å². The first kappa shape index (κ1) is 9.16. The van der Waals surface area contributed by atoms with Crippen LogP contribution in [0.15, 0.2) is 60.7 Å². The Morgan fingerprint density at radius 3 is 1.36 bits per heavy atom. The summed E-state index contributed by atoms with van der Waals surface area (Å²) in [6, 6.07) is 19.9. The fourth-order valence-corrected chi connectivity index (χ4v) is 1.52. The molecule has 0 heterocycles. The zero-order valence-corrected chi connectivity index (χ0v) is 8.45. The summed E-state index contributed by atoms with van der Waals surface area (Å²) in [4.78, 5) is 0. The first-order valence-corrected chi connectivity index (χ1v) is 4.82. The monoisotopic (exact) mass is 200 g/mol. The van der Waals surface area contributed by atoms with Crippen molar-refractivity contribution in [3.05, 3.63) is 60.7 Å². The summed E-state index contributed by atoms with van der Waals surface area (Å²) in [7, 11) is 0. The second kappa shape index (κ2) is 4.20. The van der Waals surface area contributed by atoms with Crippen molar-refractivity contribution in [1.82, 2.24) is 0 Å². The molecule has 0 fully saturated rings. The van der Waals surface area contributed by atoms with Crippen molar-refractivity contribution < 1.29 is 0 Å². The number of hydrogen-bond acceptors (Lipinski definition) is 1. The number of nitrogens with zero attached hydrogens (tertiary/aromatic N) is 1. The van der Waals surface area contributed by atoms with Crippen LogP contribution in [0.3, 0.4) is 0 Å². The average Bonchev–Trinajstić information content (AvgIpc) is 2.30. The smallest absolute Gasteiger partial charge is 0.0533 e. The van der Waals surface area contributed by atoms with Crippen molar-refractivity contribution in [2.24, 2.45) is 0 Å². The highest BCUT2D eigenvalue weighted by Crippen LogP contribution is 2.25. The zero-order valence-electron chi connectivity index (χ0n) is 7.63. The predicted molar refractivity (Wildman–Crippen MR) is 62.6 cm³/mol. The second-order valence-corrected chi connectivity index (χ2v) is 3.33. The molecule has 0 aliphatic heterocycles. The highest BCUT2D eigenvalue weighted by molar-refractivity contribution is 7.82. The SMILES string of the molecule is [S]N(c1ccccc1)c1ccccc1. The molecule has 0 unspecified atom stereocenters. The second-order valence-electron chi connectivity index (χ2n) is 2.97. The van der Waals surface area contributed by atoms with Crippen molar-refractivity contribution >= 4 is 24.2 Å². The molecule has 0 aromatic heterocycles. The molecule has 0 saturated carbocycles. The van der Waals surface area contributed by atoms with Crippen LogP contribution in [0.25, 0.3) is 0 Å². The normalized spacial score (nSPS) is 9.79. The van der Waals surface area contributed by atoms with Crippen LogP contribution in [-0.4, -0.2) is 0 Å². The number of anilines is 2. The van der Waals surface area contributed by atoms with E-state index >= 15 is 0 Å². The van der Waals surface area contributed by atoms with Gasteiger partial charge in [0.05, 0.1) is 24.2 Å². The van der Waals surface area contributed by atoms with Gasteiger partial charge < -0.3 is 0 Å². The molecule has 0 aliphatic rings. The molecule has 0 amide bonds. The lowest BCUT2D eigenvalue weighted by molar-refractivity contribution is 1.44. The molecule has 0 atom stereocenters. The Morgan fingerprint density at radius 2 is 1.00 bits per heavy atom. The van der Waals surface area contributed by atoms with Gasteiger partial charge in [0.2, 0.25) is 0 Å². The third-order valence-electron chi connectivity index (χ3n) is 1.98. The molecule has 0 spiro atoms. The molecule has 0 saturated heterocycles. The molecule has 1 nitrogen and oxygen atoms in total. The van der Waals surface area contributed by atoms with E-state index in [-0.39, 0.29) is 0 Å². The lowest BCUT2D eigenvalue weighted by Crippen LogP contribution is -2.00. The molecular formula is C12H10NS. The van der Waals surface area contributed by atoms with Crippen LogP contribution in [0.1, 0.15) is 0 Å². The van der Waals surface area contributed by atoms with Gasteiger partial charge in [-0.05, 0) is 24.3 Å². The quantitative estimate of drug-likeness (QED) is 0.709. The largest absolute Gasteiger partial charge is 0.274 e.